The van der Waals surface area contributed by atoms with Crippen LogP contribution in [0.1, 0.15) is 219 Å². The van der Waals surface area contributed by atoms with E-state index in [0.29, 0.717) is 24.1 Å². The highest BCUT2D eigenvalue weighted by molar-refractivity contribution is 7.47. The van der Waals surface area contributed by atoms with E-state index in [1.807, 2.05) is 21.1 Å². The zero-order chi connectivity index (χ0) is 44.8. The van der Waals surface area contributed by atoms with Gasteiger partial charge in [0, 0.05) is 13.0 Å². The molecule has 0 aliphatic heterocycles. The fourth-order valence-electron chi connectivity index (χ4n) is 6.91. The number of likely N-dealkylation sites (N-methyl/N-ethyl adjacent to an activating group) is 1. The number of phosphoric acid groups is 1. The summed E-state index contributed by atoms with van der Waals surface area (Å²) in [6.07, 6.45) is 55.7. The molecule has 0 aromatic carbocycles. The fourth-order valence-corrected chi connectivity index (χ4v) is 7.65. The molecule has 9 heteroatoms. The summed E-state index contributed by atoms with van der Waals surface area (Å²) in [5, 5.41) is 0. The summed E-state index contributed by atoms with van der Waals surface area (Å²) < 4.78 is 35.1. The molecule has 0 fully saturated rings. The SMILES string of the molecule is CCCCC/C=C\C/C=C\CCCCCCCCCCOCC(COP(=O)(O)OCC[N+](C)(C)C)OC(=O)CCCCCCCCCCC/C=C\C/C=C\CCCCCCC. The van der Waals surface area contributed by atoms with Crippen molar-refractivity contribution >= 4 is 13.8 Å². The highest BCUT2D eigenvalue weighted by Crippen LogP contribution is 2.43. The van der Waals surface area contributed by atoms with Gasteiger partial charge in [0.25, 0.3) is 0 Å². The van der Waals surface area contributed by atoms with Crippen LogP contribution in [0.15, 0.2) is 48.6 Å². The molecule has 0 saturated heterocycles. The normalized spacial score (nSPS) is 14.0. The van der Waals surface area contributed by atoms with Crippen LogP contribution in [0.4, 0.5) is 0 Å². The van der Waals surface area contributed by atoms with E-state index in [0.717, 1.165) is 44.9 Å². The van der Waals surface area contributed by atoms with Gasteiger partial charge in [0.15, 0.2) is 0 Å². The smallest absolute Gasteiger partial charge is 0.457 e. The van der Waals surface area contributed by atoms with Gasteiger partial charge in [-0.05, 0) is 77.0 Å². The van der Waals surface area contributed by atoms with Crippen molar-refractivity contribution in [1.29, 1.82) is 0 Å². The number of hydrogen-bond acceptors (Lipinski definition) is 6. The number of carbonyl (C=O) groups excluding carboxylic acids is 1. The summed E-state index contributed by atoms with van der Waals surface area (Å²) in [5.74, 6) is -0.319. The first kappa shape index (κ1) is 59.5. The van der Waals surface area contributed by atoms with E-state index in [4.69, 9.17) is 18.5 Å². The average Bonchev–Trinajstić information content (AvgIpc) is 3.22. The quantitative estimate of drug-likeness (QED) is 0.0214. The highest BCUT2D eigenvalue weighted by atomic mass is 31.2. The van der Waals surface area contributed by atoms with Crippen molar-refractivity contribution in [3.8, 4) is 0 Å². The van der Waals surface area contributed by atoms with Crippen LogP contribution in [0, 0.1) is 0 Å². The second-order valence-corrected chi connectivity index (χ2v) is 19.6. The van der Waals surface area contributed by atoms with Crippen LogP contribution in [-0.4, -0.2) is 75.6 Å². The van der Waals surface area contributed by atoms with Gasteiger partial charge in [-0.15, -0.1) is 0 Å². The molecule has 0 saturated carbocycles. The number of rotatable bonds is 47. The lowest BCUT2D eigenvalue weighted by Gasteiger charge is -2.24. The highest BCUT2D eigenvalue weighted by Gasteiger charge is 2.26. The summed E-state index contributed by atoms with van der Waals surface area (Å²) in [4.78, 5) is 23.0. The Bertz CT molecular complexity index is 1120. The monoisotopic (exact) mass is 881 g/mol. The summed E-state index contributed by atoms with van der Waals surface area (Å²) in [5.41, 5.74) is 0. The molecule has 0 aromatic rings. The minimum Gasteiger partial charge on any atom is -0.457 e. The number of nitrogens with zero attached hydrogens (tertiary/aromatic N) is 1. The van der Waals surface area contributed by atoms with Crippen molar-refractivity contribution in [2.45, 2.75) is 225 Å². The Hall–Kier alpha value is -1.54. The fraction of sp³-hybridized carbons (Fsp3) is 0.827. The third-order valence-corrected chi connectivity index (χ3v) is 11.8. The molecule has 1 N–H and O–H groups in total. The zero-order valence-corrected chi connectivity index (χ0v) is 41.5. The Morgan fingerprint density at radius 1 is 0.508 bits per heavy atom. The number of hydrogen-bond donors (Lipinski definition) is 1. The number of carbonyl (C=O) groups is 1. The predicted octanol–water partition coefficient (Wildman–Crippen LogP) is 15.5. The molecule has 0 bridgehead atoms. The van der Waals surface area contributed by atoms with E-state index in [-0.39, 0.29) is 25.8 Å². The van der Waals surface area contributed by atoms with E-state index in [9.17, 15) is 14.3 Å². The molecular formula is C52H99NO7P+. The molecular weight excluding hydrogens is 782 g/mol. The first-order valence-corrected chi connectivity index (χ1v) is 26.9. The molecule has 0 rings (SSSR count). The van der Waals surface area contributed by atoms with E-state index >= 15 is 0 Å². The van der Waals surface area contributed by atoms with Gasteiger partial charge in [-0.1, -0.05) is 184 Å². The maximum Gasteiger partial charge on any atom is 0.472 e. The Morgan fingerprint density at radius 2 is 0.902 bits per heavy atom. The number of allylic oxidation sites excluding steroid dienone is 8. The molecule has 358 valence electrons. The van der Waals surface area contributed by atoms with Gasteiger partial charge in [0.2, 0.25) is 0 Å². The number of ether oxygens (including phenoxy) is 2. The molecule has 2 atom stereocenters. The third kappa shape index (κ3) is 49.3. The first-order chi connectivity index (χ1) is 29.6. The van der Waals surface area contributed by atoms with Crippen LogP contribution in [0.2, 0.25) is 0 Å². The lowest BCUT2D eigenvalue weighted by atomic mass is 10.1. The molecule has 8 nitrogen and oxygen atoms in total. The van der Waals surface area contributed by atoms with Crippen molar-refractivity contribution in [3.05, 3.63) is 48.6 Å². The minimum atomic E-state index is -4.28. The van der Waals surface area contributed by atoms with Crippen molar-refractivity contribution in [2.75, 3.05) is 54.1 Å². The topological polar surface area (TPSA) is 91.3 Å². The second-order valence-electron chi connectivity index (χ2n) is 18.2. The lowest BCUT2D eigenvalue weighted by Crippen LogP contribution is -2.37. The van der Waals surface area contributed by atoms with Gasteiger partial charge in [-0.3, -0.25) is 13.8 Å². The van der Waals surface area contributed by atoms with Crippen molar-refractivity contribution in [1.82, 2.24) is 0 Å². The molecule has 0 aliphatic rings. The second kappa shape index (κ2) is 45.0. The molecule has 0 aliphatic carbocycles. The molecule has 0 amide bonds. The number of quaternary nitrogens is 1. The summed E-state index contributed by atoms with van der Waals surface area (Å²) in [6, 6.07) is 0. The predicted molar refractivity (Wildman–Crippen MR) is 261 cm³/mol. The summed E-state index contributed by atoms with van der Waals surface area (Å²) in [6.45, 7) is 5.59. The van der Waals surface area contributed by atoms with Crippen LogP contribution >= 0.6 is 7.82 Å². The summed E-state index contributed by atoms with van der Waals surface area (Å²) >= 11 is 0. The maximum absolute atomic E-state index is 12.8. The van der Waals surface area contributed by atoms with E-state index in [1.54, 1.807) is 0 Å². The number of unbranched alkanes of at least 4 members (excludes halogenated alkanes) is 25. The van der Waals surface area contributed by atoms with Crippen molar-refractivity contribution < 1.29 is 37.3 Å². The van der Waals surface area contributed by atoms with Gasteiger partial charge >= 0.3 is 13.8 Å². The standard InChI is InChI=1S/C52H98NO7P/c1-6-8-10-12-14-16-18-20-22-24-26-27-28-29-31-33-35-37-39-41-43-45-52(54)60-51(50-59-61(55,56)58-48-46-53(3,4)5)49-57-47-44-42-40-38-36-34-32-30-25-23-21-19-17-15-13-11-9-7-2/h15,17-18,20-21,23-24,26,51H,6-14,16,19,22,25,27-50H2,1-5H3/p+1/b17-15-,20-18-,23-21-,26-24-. The van der Waals surface area contributed by atoms with E-state index < -0.39 is 13.9 Å². The molecule has 2 unspecified atom stereocenters. The Morgan fingerprint density at radius 3 is 1.36 bits per heavy atom. The van der Waals surface area contributed by atoms with Crippen LogP contribution in [0.25, 0.3) is 0 Å². The van der Waals surface area contributed by atoms with Gasteiger partial charge in [-0.2, -0.15) is 0 Å². The van der Waals surface area contributed by atoms with Crippen molar-refractivity contribution in [2.24, 2.45) is 0 Å². The average molecular weight is 881 g/mol. The zero-order valence-electron chi connectivity index (χ0n) is 40.7. The van der Waals surface area contributed by atoms with Crippen LogP contribution in [-0.2, 0) is 27.9 Å². The molecule has 61 heavy (non-hydrogen) atoms. The van der Waals surface area contributed by atoms with Gasteiger partial charge in [0.05, 0.1) is 34.4 Å². The van der Waals surface area contributed by atoms with Gasteiger partial charge < -0.3 is 18.9 Å². The molecule has 0 heterocycles. The van der Waals surface area contributed by atoms with Gasteiger partial charge in [-0.25, -0.2) is 4.57 Å². The Labute approximate surface area is 378 Å². The van der Waals surface area contributed by atoms with E-state index in [1.165, 1.54) is 154 Å². The Kier molecular flexibility index (Phi) is 43.9. The van der Waals surface area contributed by atoms with Crippen LogP contribution in [0.5, 0.6) is 0 Å². The first-order valence-electron chi connectivity index (χ1n) is 25.4. The van der Waals surface area contributed by atoms with Crippen LogP contribution < -0.4 is 0 Å². The van der Waals surface area contributed by atoms with Crippen LogP contribution in [0.3, 0.4) is 0 Å². The number of esters is 1. The largest absolute Gasteiger partial charge is 0.472 e. The minimum absolute atomic E-state index is 0.0855. The molecule has 0 aromatic heterocycles. The maximum atomic E-state index is 12.8. The van der Waals surface area contributed by atoms with Crippen molar-refractivity contribution in [3.63, 3.8) is 0 Å². The lowest BCUT2D eigenvalue weighted by molar-refractivity contribution is -0.870. The molecule has 0 radical (unpaired) electrons. The summed E-state index contributed by atoms with van der Waals surface area (Å²) in [7, 11) is 1.66. The Balaban J connectivity index is 4.17. The van der Waals surface area contributed by atoms with Gasteiger partial charge in [0.1, 0.15) is 19.3 Å². The third-order valence-electron chi connectivity index (χ3n) is 10.9. The number of phosphoric ester groups is 1. The molecule has 0 spiro atoms. The van der Waals surface area contributed by atoms with E-state index in [2.05, 4.69) is 62.5 Å².